The molecule has 1 aliphatic heterocycles. The van der Waals surface area contributed by atoms with Crippen molar-refractivity contribution < 1.29 is 0 Å². The Morgan fingerprint density at radius 1 is 1.23 bits per heavy atom. The second kappa shape index (κ2) is 8.84. The van der Waals surface area contributed by atoms with Gasteiger partial charge in [-0.3, -0.25) is 0 Å². The zero-order chi connectivity index (χ0) is 18.5. The largest absolute Gasteiger partial charge is 0.358 e. The van der Waals surface area contributed by atoms with E-state index in [1.807, 2.05) is 24.3 Å². The molecule has 5 nitrogen and oxygen atoms in total. The van der Waals surface area contributed by atoms with E-state index in [1.165, 1.54) is 0 Å². The molecule has 1 aliphatic rings. The third-order valence-electron chi connectivity index (χ3n) is 4.41. The van der Waals surface area contributed by atoms with Gasteiger partial charge in [0.15, 0.2) is 5.11 Å². The summed E-state index contributed by atoms with van der Waals surface area (Å²) in [5.41, 5.74) is 0.966. The van der Waals surface area contributed by atoms with Crippen molar-refractivity contribution in [2.75, 3.05) is 23.3 Å². The van der Waals surface area contributed by atoms with Gasteiger partial charge in [0.1, 0.15) is 11.0 Å². The molecular weight excluding hydrogens is 389 g/mol. The first kappa shape index (κ1) is 19.1. The molecule has 1 aromatic carbocycles. The summed E-state index contributed by atoms with van der Waals surface area (Å²) in [6.07, 6.45) is 2.31. The van der Waals surface area contributed by atoms with Crippen LogP contribution in [0.4, 0.5) is 11.8 Å². The number of halogens is 2. The lowest BCUT2D eigenvalue weighted by Crippen LogP contribution is -2.34. The molecule has 0 aliphatic carbocycles. The van der Waals surface area contributed by atoms with Gasteiger partial charge in [-0.25, -0.2) is 4.98 Å². The van der Waals surface area contributed by atoms with Gasteiger partial charge < -0.3 is 15.5 Å². The molecule has 1 fully saturated rings. The molecule has 1 saturated heterocycles. The van der Waals surface area contributed by atoms with Gasteiger partial charge in [-0.1, -0.05) is 48.3 Å². The van der Waals surface area contributed by atoms with Crippen molar-refractivity contribution in [1.29, 1.82) is 0 Å². The molecule has 2 aromatic rings. The average molecular weight is 410 g/mol. The molecule has 2 N–H and O–H groups in total. The monoisotopic (exact) mass is 409 g/mol. The molecule has 0 unspecified atom stereocenters. The van der Waals surface area contributed by atoms with Crippen molar-refractivity contribution >= 4 is 52.3 Å². The lowest BCUT2D eigenvalue weighted by atomic mass is 9.99. The molecule has 2 heterocycles. The van der Waals surface area contributed by atoms with Crippen LogP contribution in [0.3, 0.4) is 0 Å². The minimum Gasteiger partial charge on any atom is -0.358 e. The number of nitrogens with one attached hydrogen (secondary N) is 2. The van der Waals surface area contributed by atoms with E-state index in [2.05, 4.69) is 32.4 Å². The zero-order valence-corrected chi connectivity index (χ0v) is 16.8. The van der Waals surface area contributed by atoms with Crippen molar-refractivity contribution in [2.24, 2.45) is 5.92 Å². The molecule has 0 saturated carbocycles. The molecule has 0 amide bonds. The number of hydrogen-bond donors (Lipinski definition) is 2. The van der Waals surface area contributed by atoms with Gasteiger partial charge in [0, 0.05) is 30.7 Å². The number of anilines is 2. The standard InChI is InChI=1S/C18H21Cl2N5S/c1-12-6-8-25(9-7-12)16-10-15(20)22-17(23-16)24-18(26)21-11-13-4-2-3-5-14(13)19/h2-5,10,12H,6-9,11H2,1H3,(H2,21,22,23,24,26). The Balaban J connectivity index is 1.62. The van der Waals surface area contributed by atoms with Crippen molar-refractivity contribution in [3.8, 4) is 0 Å². The third-order valence-corrected chi connectivity index (χ3v) is 5.22. The third kappa shape index (κ3) is 5.19. The van der Waals surface area contributed by atoms with Crippen molar-refractivity contribution in [3.63, 3.8) is 0 Å². The predicted molar refractivity (Wildman–Crippen MR) is 112 cm³/mol. The SMILES string of the molecule is CC1CCN(c2cc(Cl)nc(NC(=S)NCc3ccccc3Cl)n2)CC1. The number of piperidine rings is 1. The minimum absolute atomic E-state index is 0.391. The van der Waals surface area contributed by atoms with Crippen LogP contribution < -0.4 is 15.5 Å². The second-order valence-corrected chi connectivity index (χ2v) is 7.64. The van der Waals surface area contributed by atoms with Crippen molar-refractivity contribution in [1.82, 2.24) is 15.3 Å². The van der Waals surface area contributed by atoms with Gasteiger partial charge in [0.25, 0.3) is 0 Å². The van der Waals surface area contributed by atoms with E-state index in [0.29, 0.717) is 27.8 Å². The van der Waals surface area contributed by atoms with Crippen LogP contribution in [0.2, 0.25) is 10.2 Å². The molecule has 3 rings (SSSR count). The summed E-state index contributed by atoms with van der Waals surface area (Å²) in [6, 6.07) is 9.42. The number of rotatable bonds is 4. The van der Waals surface area contributed by atoms with E-state index in [9.17, 15) is 0 Å². The molecule has 8 heteroatoms. The van der Waals surface area contributed by atoms with Gasteiger partial charge in [-0.15, -0.1) is 0 Å². The van der Waals surface area contributed by atoms with Crippen LogP contribution in [0.1, 0.15) is 25.3 Å². The van der Waals surface area contributed by atoms with E-state index in [1.54, 1.807) is 6.07 Å². The van der Waals surface area contributed by atoms with E-state index in [0.717, 1.165) is 43.2 Å². The van der Waals surface area contributed by atoms with Gasteiger partial charge in [0.05, 0.1) is 0 Å². The Hall–Kier alpha value is -1.63. The maximum atomic E-state index is 6.18. The quantitative estimate of drug-likeness (QED) is 0.572. The van der Waals surface area contributed by atoms with Crippen LogP contribution in [0.15, 0.2) is 30.3 Å². The molecule has 0 radical (unpaired) electrons. The minimum atomic E-state index is 0.391. The average Bonchev–Trinajstić information content (AvgIpc) is 2.61. The number of nitrogens with zero attached hydrogens (tertiary/aromatic N) is 3. The van der Waals surface area contributed by atoms with Gasteiger partial charge in [-0.2, -0.15) is 4.98 Å². The highest BCUT2D eigenvalue weighted by Gasteiger charge is 2.18. The number of thiocarbonyl (C=S) groups is 1. The molecule has 0 bridgehead atoms. The highest BCUT2D eigenvalue weighted by Crippen LogP contribution is 2.24. The maximum absolute atomic E-state index is 6.18. The lowest BCUT2D eigenvalue weighted by Gasteiger charge is -2.31. The molecule has 138 valence electrons. The van der Waals surface area contributed by atoms with Gasteiger partial charge in [-0.05, 0) is 42.6 Å². The molecule has 26 heavy (non-hydrogen) atoms. The second-order valence-electron chi connectivity index (χ2n) is 6.44. The van der Waals surface area contributed by atoms with Crippen LogP contribution in [-0.2, 0) is 6.54 Å². The van der Waals surface area contributed by atoms with Gasteiger partial charge in [0.2, 0.25) is 5.95 Å². The summed E-state index contributed by atoms with van der Waals surface area (Å²) in [5, 5.41) is 7.63. The summed E-state index contributed by atoms with van der Waals surface area (Å²) >= 11 is 17.7. The van der Waals surface area contributed by atoms with Crippen LogP contribution in [0.25, 0.3) is 0 Å². The zero-order valence-electron chi connectivity index (χ0n) is 14.5. The Bertz CT molecular complexity index is 778. The Morgan fingerprint density at radius 2 is 1.96 bits per heavy atom. The van der Waals surface area contributed by atoms with Crippen molar-refractivity contribution in [2.45, 2.75) is 26.3 Å². The summed E-state index contributed by atoms with van der Waals surface area (Å²) in [5.74, 6) is 1.97. The fraction of sp³-hybridized carbons (Fsp3) is 0.389. The van der Waals surface area contributed by atoms with E-state index >= 15 is 0 Å². The summed E-state index contributed by atoms with van der Waals surface area (Å²) in [4.78, 5) is 11.0. The molecular formula is C18H21Cl2N5S. The molecule has 1 aromatic heterocycles. The fourth-order valence-corrected chi connectivity index (χ4v) is 3.37. The summed E-state index contributed by atoms with van der Waals surface area (Å²) < 4.78 is 0. The number of benzene rings is 1. The van der Waals surface area contributed by atoms with Crippen molar-refractivity contribution in [3.05, 3.63) is 46.1 Å². The van der Waals surface area contributed by atoms with Crippen LogP contribution in [-0.4, -0.2) is 28.2 Å². The van der Waals surface area contributed by atoms with E-state index in [4.69, 9.17) is 35.4 Å². The maximum Gasteiger partial charge on any atom is 0.232 e. The lowest BCUT2D eigenvalue weighted by molar-refractivity contribution is 0.436. The number of hydrogen-bond acceptors (Lipinski definition) is 4. The Kier molecular flexibility index (Phi) is 6.51. The first-order valence-corrected chi connectivity index (χ1v) is 9.75. The van der Waals surface area contributed by atoms with Crippen LogP contribution in [0, 0.1) is 5.92 Å². The smallest absolute Gasteiger partial charge is 0.232 e. The first-order valence-electron chi connectivity index (χ1n) is 8.59. The highest BCUT2D eigenvalue weighted by molar-refractivity contribution is 7.80. The first-order chi connectivity index (χ1) is 12.5. The summed E-state index contributed by atoms with van der Waals surface area (Å²) in [7, 11) is 0. The van der Waals surface area contributed by atoms with Crippen LogP contribution in [0.5, 0.6) is 0 Å². The fourth-order valence-electron chi connectivity index (χ4n) is 2.82. The molecule has 0 spiro atoms. The highest BCUT2D eigenvalue weighted by atomic mass is 35.5. The topological polar surface area (TPSA) is 53.1 Å². The molecule has 0 atom stereocenters. The number of aromatic nitrogens is 2. The predicted octanol–water partition coefficient (Wildman–Crippen LogP) is 4.51. The van der Waals surface area contributed by atoms with Gasteiger partial charge >= 0.3 is 0 Å². The van der Waals surface area contributed by atoms with Crippen LogP contribution >= 0.6 is 35.4 Å². The summed E-state index contributed by atoms with van der Waals surface area (Å²) in [6.45, 7) is 4.75. The Labute approximate surface area is 169 Å². The Morgan fingerprint density at radius 3 is 2.69 bits per heavy atom. The van der Waals surface area contributed by atoms with E-state index in [-0.39, 0.29) is 0 Å². The normalized spacial score (nSPS) is 15.0. The van der Waals surface area contributed by atoms with E-state index < -0.39 is 0 Å².